The molecule has 26 heavy (non-hydrogen) atoms. The van der Waals surface area contributed by atoms with Gasteiger partial charge in [-0.15, -0.1) is 0 Å². The molecule has 0 aromatic heterocycles. The van der Waals surface area contributed by atoms with Crippen molar-refractivity contribution in [3.8, 4) is 5.75 Å². The lowest BCUT2D eigenvalue weighted by molar-refractivity contribution is 0.265. The number of benzene rings is 2. The molecule has 0 radical (unpaired) electrons. The Kier molecular flexibility index (Phi) is 5.78. The minimum atomic E-state index is -3.62. The number of methoxy groups -OCH3 is 1. The van der Waals surface area contributed by atoms with E-state index < -0.39 is 10.0 Å². The third kappa shape index (κ3) is 3.99. The molecule has 0 spiro atoms. The predicted octanol–water partition coefficient (Wildman–Crippen LogP) is 3.52. The summed E-state index contributed by atoms with van der Waals surface area (Å²) in [5, 5.41) is 0. The fraction of sp³-hybridized carbons (Fsp3) is 0.368. The van der Waals surface area contributed by atoms with E-state index in [4.69, 9.17) is 4.74 Å². The van der Waals surface area contributed by atoms with E-state index >= 15 is 0 Å². The van der Waals surface area contributed by atoms with Crippen molar-refractivity contribution in [2.24, 2.45) is 0 Å². The maximum atomic E-state index is 12.8. The Morgan fingerprint density at radius 2 is 1.81 bits per heavy atom. The van der Waals surface area contributed by atoms with Crippen molar-refractivity contribution in [1.29, 1.82) is 0 Å². The van der Waals surface area contributed by atoms with Crippen LogP contribution >= 0.6 is 22.6 Å². The summed E-state index contributed by atoms with van der Waals surface area (Å²) < 4.78 is 34.8. The molecule has 0 aliphatic heterocycles. The van der Waals surface area contributed by atoms with E-state index in [9.17, 15) is 8.42 Å². The number of rotatable bonds is 5. The molecule has 0 heterocycles. The van der Waals surface area contributed by atoms with Crippen LogP contribution < -0.4 is 9.46 Å². The molecule has 3 rings (SSSR count). The molecule has 140 valence electrons. The summed E-state index contributed by atoms with van der Waals surface area (Å²) in [5.74, 6) is 0.823. The van der Waals surface area contributed by atoms with Gasteiger partial charge >= 0.3 is 0 Å². The molecule has 0 fully saturated rings. The second-order valence-electron chi connectivity index (χ2n) is 6.69. The molecule has 2 aromatic carbocycles. The number of sulfonamides is 1. The molecular formula is C19H23IN2O3S. The maximum absolute atomic E-state index is 12.8. The highest BCUT2D eigenvalue weighted by atomic mass is 127. The van der Waals surface area contributed by atoms with E-state index in [0.717, 1.165) is 39.7 Å². The third-order valence-electron chi connectivity index (χ3n) is 4.87. The standard InChI is InChI=1S/C19H23IN2O3S/c1-22(2)14-6-9-16-17(12-14)19(25-3)11-10-18(16)21-26(23,24)15-7-4-13(20)5-8-15/h4-5,7-8,10-11,14,21H,6,9,12H2,1-3H3/t14-/m0/s1. The zero-order valence-electron chi connectivity index (χ0n) is 15.1. The predicted molar refractivity (Wildman–Crippen MR) is 112 cm³/mol. The Labute approximate surface area is 168 Å². The number of nitrogens with zero attached hydrogens (tertiary/aromatic N) is 1. The fourth-order valence-corrected chi connectivity index (χ4v) is 4.83. The summed E-state index contributed by atoms with van der Waals surface area (Å²) in [4.78, 5) is 2.48. The monoisotopic (exact) mass is 486 g/mol. The molecule has 0 bridgehead atoms. The summed E-state index contributed by atoms with van der Waals surface area (Å²) >= 11 is 2.16. The second kappa shape index (κ2) is 7.74. The van der Waals surface area contributed by atoms with Crippen molar-refractivity contribution in [3.63, 3.8) is 0 Å². The molecule has 0 unspecified atom stereocenters. The molecule has 0 amide bonds. The van der Waals surface area contributed by atoms with Crippen molar-refractivity contribution >= 4 is 38.3 Å². The number of hydrogen-bond acceptors (Lipinski definition) is 4. The van der Waals surface area contributed by atoms with Gasteiger partial charge in [-0.2, -0.15) is 0 Å². The lowest BCUT2D eigenvalue weighted by Crippen LogP contribution is -2.34. The fourth-order valence-electron chi connectivity index (χ4n) is 3.37. The third-order valence-corrected chi connectivity index (χ3v) is 6.97. The first-order valence-corrected chi connectivity index (χ1v) is 11.0. The molecule has 1 N–H and O–H groups in total. The first-order chi connectivity index (χ1) is 12.3. The highest BCUT2D eigenvalue weighted by Gasteiger charge is 2.26. The van der Waals surface area contributed by atoms with Crippen LogP contribution in [0.5, 0.6) is 5.75 Å². The Bertz CT molecular complexity index is 896. The number of fused-ring (bicyclic) bond motifs is 1. The van der Waals surface area contributed by atoms with Crippen LogP contribution in [0.2, 0.25) is 0 Å². The molecule has 1 aliphatic rings. The van der Waals surface area contributed by atoms with E-state index in [-0.39, 0.29) is 4.90 Å². The molecule has 2 aromatic rings. The average molecular weight is 486 g/mol. The Hall–Kier alpha value is -1.32. The molecule has 1 atom stereocenters. The lowest BCUT2D eigenvalue weighted by Gasteiger charge is -2.32. The molecule has 0 saturated heterocycles. The van der Waals surface area contributed by atoms with Crippen molar-refractivity contribution in [1.82, 2.24) is 4.90 Å². The van der Waals surface area contributed by atoms with Crippen LogP contribution in [-0.2, 0) is 22.9 Å². The van der Waals surface area contributed by atoms with Crippen LogP contribution in [0.15, 0.2) is 41.3 Å². The summed E-state index contributed by atoms with van der Waals surface area (Å²) in [5.41, 5.74) is 2.79. The van der Waals surface area contributed by atoms with Crippen LogP contribution in [0.3, 0.4) is 0 Å². The highest BCUT2D eigenvalue weighted by Crippen LogP contribution is 2.36. The van der Waals surface area contributed by atoms with Gasteiger partial charge in [-0.1, -0.05) is 0 Å². The van der Waals surface area contributed by atoms with Crippen LogP contribution in [0.4, 0.5) is 5.69 Å². The van der Waals surface area contributed by atoms with Gasteiger partial charge in [0.1, 0.15) is 5.75 Å². The summed E-state index contributed by atoms with van der Waals surface area (Å²) in [6, 6.07) is 10.9. The number of anilines is 1. The number of halogens is 1. The normalized spacial score (nSPS) is 17.0. The molecule has 1 aliphatic carbocycles. The largest absolute Gasteiger partial charge is 0.496 e. The van der Waals surface area contributed by atoms with Crippen molar-refractivity contribution < 1.29 is 13.2 Å². The van der Waals surface area contributed by atoms with Crippen LogP contribution in [-0.4, -0.2) is 40.6 Å². The number of nitrogens with one attached hydrogen (secondary N) is 1. The van der Waals surface area contributed by atoms with Crippen LogP contribution in [0.1, 0.15) is 17.5 Å². The Balaban J connectivity index is 1.97. The van der Waals surface area contributed by atoms with Crippen molar-refractivity contribution in [2.75, 3.05) is 25.9 Å². The van der Waals surface area contributed by atoms with Crippen molar-refractivity contribution in [2.45, 2.75) is 30.2 Å². The van der Waals surface area contributed by atoms with E-state index in [1.807, 2.05) is 6.07 Å². The Morgan fingerprint density at radius 3 is 2.42 bits per heavy atom. The van der Waals surface area contributed by atoms with Gasteiger partial charge in [0.05, 0.1) is 17.7 Å². The molecule has 0 saturated carbocycles. The van der Waals surface area contributed by atoms with Gasteiger partial charge in [0.15, 0.2) is 0 Å². The van der Waals surface area contributed by atoms with Gasteiger partial charge < -0.3 is 9.64 Å². The lowest BCUT2D eigenvalue weighted by atomic mass is 9.86. The topological polar surface area (TPSA) is 58.6 Å². The van der Waals surface area contributed by atoms with E-state index in [2.05, 4.69) is 46.3 Å². The van der Waals surface area contributed by atoms with Gasteiger partial charge in [-0.05, 0) is 97.9 Å². The summed E-state index contributed by atoms with van der Waals surface area (Å²) in [6.45, 7) is 0. The molecule has 5 nitrogen and oxygen atoms in total. The minimum Gasteiger partial charge on any atom is -0.496 e. The van der Waals surface area contributed by atoms with Gasteiger partial charge in [-0.3, -0.25) is 4.72 Å². The van der Waals surface area contributed by atoms with E-state index in [1.54, 1.807) is 37.4 Å². The summed E-state index contributed by atoms with van der Waals surface area (Å²) in [6.07, 6.45) is 2.66. The van der Waals surface area contributed by atoms with Crippen molar-refractivity contribution in [3.05, 3.63) is 51.1 Å². The smallest absolute Gasteiger partial charge is 0.261 e. The number of hydrogen-bond donors (Lipinski definition) is 1. The second-order valence-corrected chi connectivity index (χ2v) is 9.62. The quantitative estimate of drug-likeness (QED) is 0.658. The number of ether oxygens (including phenoxy) is 1. The average Bonchev–Trinajstić information content (AvgIpc) is 2.61. The van der Waals surface area contributed by atoms with E-state index in [0.29, 0.717) is 11.7 Å². The highest BCUT2D eigenvalue weighted by molar-refractivity contribution is 14.1. The van der Waals surface area contributed by atoms with Crippen LogP contribution in [0.25, 0.3) is 0 Å². The first kappa shape index (κ1) is 19.4. The maximum Gasteiger partial charge on any atom is 0.261 e. The first-order valence-electron chi connectivity index (χ1n) is 8.45. The van der Waals surface area contributed by atoms with Gasteiger partial charge in [0, 0.05) is 15.2 Å². The molecule has 7 heteroatoms. The minimum absolute atomic E-state index is 0.268. The van der Waals surface area contributed by atoms with Crippen LogP contribution in [0, 0.1) is 3.57 Å². The zero-order chi connectivity index (χ0) is 18.9. The molecular weight excluding hydrogens is 463 g/mol. The number of likely N-dealkylation sites (N-methyl/N-ethyl adjacent to an activating group) is 1. The van der Waals surface area contributed by atoms with E-state index in [1.165, 1.54) is 0 Å². The zero-order valence-corrected chi connectivity index (χ0v) is 18.1. The van der Waals surface area contributed by atoms with Gasteiger partial charge in [0.2, 0.25) is 0 Å². The SMILES string of the molecule is COc1ccc(NS(=O)(=O)c2ccc(I)cc2)c2c1C[C@@H](N(C)C)CC2. The Morgan fingerprint density at radius 1 is 1.12 bits per heavy atom. The summed E-state index contributed by atoms with van der Waals surface area (Å²) in [7, 11) is 2.19. The van der Waals surface area contributed by atoms with Gasteiger partial charge in [0.25, 0.3) is 10.0 Å². The van der Waals surface area contributed by atoms with Gasteiger partial charge in [-0.25, -0.2) is 8.42 Å².